The van der Waals surface area contributed by atoms with E-state index in [0.717, 1.165) is 24.0 Å². The summed E-state index contributed by atoms with van der Waals surface area (Å²) in [5.41, 5.74) is 2.01. The molecule has 4 unspecified atom stereocenters. The van der Waals surface area contributed by atoms with Crippen LogP contribution < -0.4 is 0 Å². The molecule has 6 rings (SSSR count). The van der Waals surface area contributed by atoms with Crippen LogP contribution in [0.4, 0.5) is 18.4 Å². The van der Waals surface area contributed by atoms with Crippen molar-refractivity contribution < 1.29 is 27.8 Å². The molecule has 2 N–H and O–H groups in total. The molecule has 2 fully saturated rings. The van der Waals surface area contributed by atoms with Crippen LogP contribution in [0.1, 0.15) is 105 Å². The fourth-order valence-electron chi connectivity index (χ4n) is 6.83. The Kier molecular flexibility index (Phi) is 9.26. The Labute approximate surface area is 291 Å². The van der Waals surface area contributed by atoms with Crippen LogP contribution in [0.5, 0.6) is 0 Å². The third kappa shape index (κ3) is 7.25. The van der Waals surface area contributed by atoms with Crippen molar-refractivity contribution in [1.82, 2.24) is 29.7 Å². The van der Waals surface area contributed by atoms with E-state index in [9.17, 15) is 9.59 Å². The average Bonchev–Trinajstić information content (AvgIpc) is 3.80. The van der Waals surface area contributed by atoms with Gasteiger partial charge in [-0.1, -0.05) is 48.5 Å². The van der Waals surface area contributed by atoms with Crippen molar-refractivity contribution in [3.05, 3.63) is 72.1 Å². The Bertz CT molecular complexity index is 1720. The second-order valence-electron chi connectivity index (χ2n) is 15.4. The number of benzene rings is 2. The van der Waals surface area contributed by atoms with Gasteiger partial charge in [0, 0.05) is 23.2 Å². The zero-order valence-corrected chi connectivity index (χ0v) is 29.9. The van der Waals surface area contributed by atoms with E-state index in [2.05, 4.69) is 19.9 Å². The highest BCUT2D eigenvalue weighted by atomic mass is 19.1. The number of carbonyl (C=O) groups is 2. The fraction of sp³-hybridized carbons (Fsp3) is 0.474. The second kappa shape index (κ2) is 13.2. The minimum absolute atomic E-state index is 0.0608. The van der Waals surface area contributed by atoms with Gasteiger partial charge in [-0.2, -0.15) is 8.78 Å². The number of nitrogens with one attached hydrogen (secondary N) is 2. The molecule has 12 heteroatoms. The molecular weight excluding hydrogens is 642 g/mol. The first kappa shape index (κ1) is 35.1. The number of likely N-dealkylation sites (tertiary alicyclic amines) is 2. The van der Waals surface area contributed by atoms with Gasteiger partial charge in [-0.15, -0.1) is 0 Å². The Balaban J connectivity index is 1.17. The third-order valence-corrected chi connectivity index (χ3v) is 9.18. The molecule has 2 aromatic carbocycles. The van der Waals surface area contributed by atoms with E-state index in [4.69, 9.17) is 9.47 Å². The van der Waals surface area contributed by atoms with Gasteiger partial charge in [-0.3, -0.25) is 9.80 Å². The van der Waals surface area contributed by atoms with E-state index in [1.54, 1.807) is 34.1 Å². The maximum absolute atomic E-state index is 15.2. The maximum atomic E-state index is 15.2. The molecule has 0 bridgehead atoms. The van der Waals surface area contributed by atoms with Crippen molar-refractivity contribution in [2.24, 2.45) is 0 Å². The topological polar surface area (TPSA) is 116 Å². The van der Waals surface area contributed by atoms with E-state index in [1.807, 2.05) is 79.7 Å². The number of hydrogen-bond donors (Lipinski definition) is 2. The number of H-pyrrole nitrogens is 2. The molecule has 4 heterocycles. The predicted octanol–water partition coefficient (Wildman–Crippen LogP) is 9.33. The molecule has 2 aliphatic heterocycles. The van der Waals surface area contributed by atoms with E-state index in [1.165, 1.54) is 0 Å². The van der Waals surface area contributed by atoms with Gasteiger partial charge >= 0.3 is 12.2 Å². The first-order valence-electron chi connectivity index (χ1n) is 17.2. The van der Waals surface area contributed by atoms with Gasteiger partial charge in [0.05, 0.1) is 12.1 Å². The Hall–Kier alpha value is -4.74. The number of imidazole rings is 2. The predicted molar refractivity (Wildman–Crippen MR) is 186 cm³/mol. The lowest BCUT2D eigenvalue weighted by molar-refractivity contribution is 0.0140. The van der Waals surface area contributed by atoms with Gasteiger partial charge in [-0.05, 0) is 92.2 Å². The molecule has 0 radical (unpaired) electrons. The number of nitrogens with zero attached hydrogens (tertiary/aromatic N) is 4. The first-order chi connectivity index (χ1) is 23.5. The SMILES string of the molecule is CC1CCC(c2nc(-c3ccc(-c4ccc(-c5nc(C6CCC(C)N6C(=O)OC(C)(C)C)[nH]c5F)cc4)cc3)c(F)[nH]2)N1C(=O)OC(C)(C)C. The standard InChI is InChI=1S/C38H46F2N6O4/c1-21-9-19-27(45(21)35(47)49-37(3,4)5)33-41-29(31(39)43-33)25-15-11-23(12-16-25)24-13-17-26(18-14-24)30-32(40)44-34(42-30)28-20-10-22(2)46(28)36(48)50-38(6,7)8/h11-18,21-22,27-28H,9-10,19-20H2,1-8H3,(H,41,43)(H,42,44). The monoisotopic (exact) mass is 688 g/mol. The molecular formula is C38H46F2N6O4. The molecule has 50 heavy (non-hydrogen) atoms. The highest BCUT2D eigenvalue weighted by molar-refractivity contribution is 5.73. The lowest BCUT2D eigenvalue weighted by Crippen LogP contribution is -2.40. The zero-order chi connectivity index (χ0) is 36.1. The van der Waals surface area contributed by atoms with Crippen LogP contribution >= 0.6 is 0 Å². The van der Waals surface area contributed by atoms with Crippen molar-refractivity contribution in [3.8, 4) is 33.6 Å². The van der Waals surface area contributed by atoms with Crippen LogP contribution in [0.15, 0.2) is 48.5 Å². The molecule has 4 aromatic rings. The lowest BCUT2D eigenvalue weighted by Gasteiger charge is -2.30. The Morgan fingerprint density at radius 1 is 0.620 bits per heavy atom. The molecule has 266 valence electrons. The summed E-state index contributed by atoms with van der Waals surface area (Å²) in [5.74, 6) is -0.354. The lowest BCUT2D eigenvalue weighted by atomic mass is 10.0. The average molecular weight is 689 g/mol. The number of carbonyl (C=O) groups excluding carboxylic acids is 2. The summed E-state index contributed by atoms with van der Waals surface area (Å²) < 4.78 is 41.7. The number of amides is 2. The van der Waals surface area contributed by atoms with Crippen LogP contribution in [0.3, 0.4) is 0 Å². The molecule has 2 amide bonds. The Morgan fingerprint density at radius 3 is 1.26 bits per heavy atom. The van der Waals surface area contributed by atoms with Crippen molar-refractivity contribution >= 4 is 12.2 Å². The van der Waals surface area contributed by atoms with E-state index < -0.39 is 47.4 Å². The summed E-state index contributed by atoms with van der Waals surface area (Å²) in [5, 5.41) is 0. The summed E-state index contributed by atoms with van der Waals surface area (Å²) >= 11 is 0. The minimum Gasteiger partial charge on any atom is -0.444 e. The molecule has 0 spiro atoms. The number of aromatic amines is 2. The van der Waals surface area contributed by atoms with E-state index in [0.29, 0.717) is 35.6 Å². The number of rotatable bonds is 5. The van der Waals surface area contributed by atoms with Crippen molar-refractivity contribution in [2.45, 2.75) is 116 Å². The molecule has 4 atom stereocenters. The number of halogens is 2. The number of ether oxygens (including phenoxy) is 2. The summed E-state index contributed by atoms with van der Waals surface area (Å²) in [6.45, 7) is 14.8. The van der Waals surface area contributed by atoms with Gasteiger partial charge in [0.1, 0.15) is 34.2 Å². The van der Waals surface area contributed by atoms with Gasteiger partial charge in [0.25, 0.3) is 0 Å². The quantitative estimate of drug-likeness (QED) is 0.216. The van der Waals surface area contributed by atoms with Crippen LogP contribution in [-0.4, -0.2) is 65.2 Å². The smallest absolute Gasteiger partial charge is 0.411 e. The molecule has 10 nitrogen and oxygen atoms in total. The van der Waals surface area contributed by atoms with Crippen LogP contribution in [-0.2, 0) is 9.47 Å². The summed E-state index contributed by atoms with van der Waals surface area (Å²) in [4.78, 5) is 44.0. The summed E-state index contributed by atoms with van der Waals surface area (Å²) in [6, 6.07) is 13.8. The second-order valence-corrected chi connectivity index (χ2v) is 15.4. The van der Waals surface area contributed by atoms with Gasteiger partial charge < -0.3 is 19.4 Å². The summed E-state index contributed by atoms with van der Waals surface area (Å²) in [6.07, 6.45) is 1.94. The van der Waals surface area contributed by atoms with E-state index in [-0.39, 0.29) is 23.5 Å². The molecule has 2 aliphatic rings. The number of aromatic nitrogens is 4. The van der Waals surface area contributed by atoms with Gasteiger partial charge in [-0.25, -0.2) is 19.6 Å². The third-order valence-electron chi connectivity index (χ3n) is 9.18. The molecule has 2 saturated heterocycles. The molecule has 0 aliphatic carbocycles. The summed E-state index contributed by atoms with van der Waals surface area (Å²) in [7, 11) is 0. The van der Waals surface area contributed by atoms with Crippen molar-refractivity contribution in [1.29, 1.82) is 0 Å². The first-order valence-corrected chi connectivity index (χ1v) is 17.2. The van der Waals surface area contributed by atoms with Crippen LogP contribution in [0.2, 0.25) is 0 Å². The van der Waals surface area contributed by atoms with Gasteiger partial charge in [0.2, 0.25) is 11.9 Å². The van der Waals surface area contributed by atoms with Crippen LogP contribution in [0, 0.1) is 11.9 Å². The molecule has 0 saturated carbocycles. The molecule has 2 aromatic heterocycles. The largest absolute Gasteiger partial charge is 0.444 e. The van der Waals surface area contributed by atoms with Crippen LogP contribution in [0.25, 0.3) is 33.6 Å². The van der Waals surface area contributed by atoms with Gasteiger partial charge in [0.15, 0.2) is 0 Å². The highest BCUT2D eigenvalue weighted by Gasteiger charge is 2.41. The Morgan fingerprint density at radius 2 is 0.940 bits per heavy atom. The minimum atomic E-state index is -0.648. The van der Waals surface area contributed by atoms with Crippen molar-refractivity contribution in [3.63, 3.8) is 0 Å². The van der Waals surface area contributed by atoms with E-state index >= 15 is 8.78 Å². The number of hydrogen-bond acceptors (Lipinski definition) is 6. The zero-order valence-electron chi connectivity index (χ0n) is 29.9. The fourth-order valence-corrected chi connectivity index (χ4v) is 6.83. The highest BCUT2D eigenvalue weighted by Crippen LogP contribution is 2.39. The normalized spacial score (nSPS) is 21.2. The van der Waals surface area contributed by atoms with Crippen molar-refractivity contribution in [2.75, 3.05) is 0 Å². The maximum Gasteiger partial charge on any atom is 0.411 e.